The summed E-state index contributed by atoms with van der Waals surface area (Å²) in [5.74, 6) is -0.340. The van der Waals surface area contributed by atoms with E-state index in [2.05, 4.69) is 5.32 Å². The lowest BCUT2D eigenvalue weighted by atomic mass is 9.99. The number of halogens is 3. The summed E-state index contributed by atoms with van der Waals surface area (Å²) in [5, 5.41) is 3.84. The number of carbonyl (C=O) groups is 2. The summed E-state index contributed by atoms with van der Waals surface area (Å²) < 4.78 is 25.4. The van der Waals surface area contributed by atoms with Crippen molar-refractivity contribution in [1.82, 2.24) is 4.90 Å². The minimum atomic E-state index is -0.682. The van der Waals surface area contributed by atoms with E-state index < -0.39 is 11.7 Å². The van der Waals surface area contributed by atoms with Crippen molar-refractivity contribution in [2.45, 2.75) is 0 Å². The first-order valence-corrected chi connectivity index (χ1v) is 9.74. The van der Waals surface area contributed by atoms with E-state index in [-0.39, 0.29) is 36.2 Å². The Labute approximate surface area is 176 Å². The number of ether oxygens (including phenoxy) is 2. The van der Waals surface area contributed by atoms with E-state index in [1.807, 2.05) is 0 Å². The van der Waals surface area contributed by atoms with Crippen LogP contribution in [0.2, 0.25) is 10.0 Å². The van der Waals surface area contributed by atoms with E-state index in [0.717, 1.165) is 6.07 Å². The molecule has 6 nitrogen and oxygen atoms in total. The lowest BCUT2D eigenvalue weighted by Crippen LogP contribution is -2.52. The van der Waals surface area contributed by atoms with Gasteiger partial charge in [-0.25, -0.2) is 4.39 Å². The number of fused-ring (bicyclic) bond motifs is 1. The highest BCUT2D eigenvalue weighted by Crippen LogP contribution is 2.31. The van der Waals surface area contributed by atoms with Crippen LogP contribution in [0.4, 0.5) is 10.1 Å². The molecule has 0 saturated carbocycles. The lowest BCUT2D eigenvalue weighted by molar-refractivity contribution is -0.119. The summed E-state index contributed by atoms with van der Waals surface area (Å²) >= 11 is 11.9. The van der Waals surface area contributed by atoms with Gasteiger partial charge in [-0.05, 0) is 24.3 Å². The minimum absolute atomic E-state index is 0.0600. The molecule has 0 atom stereocenters. The number of benzene rings is 2. The summed E-state index contributed by atoms with van der Waals surface area (Å²) in [4.78, 5) is 25.7. The number of hydrogen-bond donors (Lipinski definition) is 1. The molecule has 29 heavy (non-hydrogen) atoms. The Hall–Kier alpha value is -2.51. The smallest absolute Gasteiger partial charge is 0.256 e. The SMILES string of the molecule is O=C1CNc2cc(C(=O)N3CC(COc4cc(Cl)cc(Cl)c4)C3)c(F)cc2OC1. The second-order valence-corrected chi connectivity index (χ2v) is 7.87. The van der Waals surface area contributed by atoms with Crippen LogP contribution in [0.5, 0.6) is 11.5 Å². The van der Waals surface area contributed by atoms with Gasteiger partial charge in [-0.3, -0.25) is 9.59 Å². The van der Waals surface area contributed by atoms with Crippen LogP contribution >= 0.6 is 23.2 Å². The number of rotatable bonds is 4. The fourth-order valence-corrected chi connectivity index (χ4v) is 3.72. The standard InChI is InChI=1S/C20H17Cl2FN2O4/c21-12-1-13(22)3-15(2-12)28-9-11-7-25(8-11)20(27)16-4-18-19(5-17(16)23)29-10-14(26)6-24-18/h1-5,11,24H,6-10H2. The fourth-order valence-electron chi connectivity index (χ4n) is 3.22. The molecule has 4 rings (SSSR count). The van der Waals surface area contributed by atoms with E-state index in [9.17, 15) is 14.0 Å². The zero-order valence-corrected chi connectivity index (χ0v) is 16.7. The van der Waals surface area contributed by atoms with Gasteiger partial charge in [-0.2, -0.15) is 0 Å². The van der Waals surface area contributed by atoms with Crippen molar-refractivity contribution in [1.29, 1.82) is 0 Å². The van der Waals surface area contributed by atoms with E-state index in [1.165, 1.54) is 6.07 Å². The van der Waals surface area contributed by atoms with E-state index in [1.54, 1.807) is 23.1 Å². The highest BCUT2D eigenvalue weighted by atomic mass is 35.5. The highest BCUT2D eigenvalue weighted by molar-refractivity contribution is 6.34. The van der Waals surface area contributed by atoms with Crippen molar-refractivity contribution in [2.75, 3.05) is 38.2 Å². The van der Waals surface area contributed by atoms with Gasteiger partial charge in [0.1, 0.15) is 23.9 Å². The predicted octanol–water partition coefficient (Wildman–Crippen LogP) is 3.66. The molecule has 9 heteroatoms. The molecule has 2 aromatic rings. The molecule has 1 amide bonds. The van der Waals surface area contributed by atoms with Gasteiger partial charge in [-0.1, -0.05) is 23.2 Å². The van der Waals surface area contributed by atoms with Crippen molar-refractivity contribution in [3.63, 3.8) is 0 Å². The maximum absolute atomic E-state index is 14.4. The summed E-state index contributed by atoms with van der Waals surface area (Å²) in [5.41, 5.74) is 0.369. The van der Waals surface area contributed by atoms with E-state index >= 15 is 0 Å². The van der Waals surface area contributed by atoms with Crippen molar-refractivity contribution in [3.8, 4) is 11.5 Å². The molecular weight excluding hydrogens is 422 g/mol. The highest BCUT2D eigenvalue weighted by Gasteiger charge is 2.33. The number of Topliss-reactive ketones (excluding diaryl/α,β-unsaturated/α-hetero) is 1. The average Bonchev–Trinajstić information content (AvgIpc) is 2.80. The maximum atomic E-state index is 14.4. The molecule has 0 aliphatic carbocycles. The Bertz CT molecular complexity index is 959. The number of likely N-dealkylation sites (tertiary alicyclic amines) is 1. The molecule has 0 aromatic heterocycles. The Morgan fingerprint density at radius 2 is 1.93 bits per heavy atom. The third kappa shape index (κ3) is 4.41. The molecule has 2 aliphatic rings. The van der Waals surface area contributed by atoms with Gasteiger partial charge in [-0.15, -0.1) is 0 Å². The molecule has 0 spiro atoms. The van der Waals surface area contributed by atoms with Crippen LogP contribution in [-0.2, 0) is 4.79 Å². The summed E-state index contributed by atoms with van der Waals surface area (Å²) in [6.07, 6.45) is 0. The normalized spacial score (nSPS) is 16.2. The van der Waals surface area contributed by atoms with Crippen molar-refractivity contribution in [3.05, 3.63) is 51.8 Å². The molecule has 1 saturated heterocycles. The van der Waals surface area contributed by atoms with Crippen molar-refractivity contribution < 1.29 is 23.5 Å². The Morgan fingerprint density at radius 1 is 1.21 bits per heavy atom. The Morgan fingerprint density at radius 3 is 2.66 bits per heavy atom. The molecule has 2 heterocycles. The van der Waals surface area contributed by atoms with Gasteiger partial charge in [0.2, 0.25) is 0 Å². The van der Waals surface area contributed by atoms with Crippen LogP contribution in [0.1, 0.15) is 10.4 Å². The van der Waals surface area contributed by atoms with Crippen LogP contribution < -0.4 is 14.8 Å². The first-order chi connectivity index (χ1) is 13.9. The van der Waals surface area contributed by atoms with Gasteiger partial charge >= 0.3 is 0 Å². The van der Waals surface area contributed by atoms with Crippen LogP contribution in [0.3, 0.4) is 0 Å². The summed E-state index contributed by atoms with van der Waals surface area (Å²) in [6, 6.07) is 7.48. The van der Waals surface area contributed by atoms with Crippen molar-refractivity contribution in [2.24, 2.45) is 5.92 Å². The zero-order chi connectivity index (χ0) is 20.5. The van der Waals surface area contributed by atoms with E-state index in [4.69, 9.17) is 32.7 Å². The van der Waals surface area contributed by atoms with Crippen LogP contribution in [0.15, 0.2) is 30.3 Å². The van der Waals surface area contributed by atoms with Crippen LogP contribution in [-0.4, -0.2) is 49.4 Å². The molecule has 1 N–H and O–H groups in total. The number of nitrogens with one attached hydrogen (secondary N) is 1. The fraction of sp³-hybridized carbons (Fsp3) is 0.300. The minimum Gasteiger partial charge on any atom is -0.493 e. The Balaban J connectivity index is 1.36. The summed E-state index contributed by atoms with van der Waals surface area (Å²) in [6.45, 7) is 1.24. The number of ketones is 1. The average molecular weight is 439 g/mol. The van der Waals surface area contributed by atoms with Crippen molar-refractivity contribution >= 4 is 40.6 Å². The lowest BCUT2D eigenvalue weighted by Gasteiger charge is -2.39. The largest absolute Gasteiger partial charge is 0.493 e. The first kappa shape index (κ1) is 19.8. The van der Waals surface area contributed by atoms with Gasteiger partial charge < -0.3 is 19.7 Å². The zero-order valence-electron chi connectivity index (χ0n) is 15.2. The quantitative estimate of drug-likeness (QED) is 0.788. The van der Waals surface area contributed by atoms with Crippen LogP contribution in [0.25, 0.3) is 0 Å². The number of carbonyl (C=O) groups excluding carboxylic acids is 2. The third-order valence-electron chi connectivity index (χ3n) is 4.73. The van der Waals surface area contributed by atoms with Gasteiger partial charge in [0, 0.05) is 35.1 Å². The molecule has 1 fully saturated rings. The van der Waals surface area contributed by atoms with Gasteiger partial charge in [0.15, 0.2) is 5.78 Å². The maximum Gasteiger partial charge on any atom is 0.256 e. The van der Waals surface area contributed by atoms with Crippen LogP contribution in [0, 0.1) is 11.7 Å². The second kappa shape index (κ2) is 8.08. The molecular formula is C20H17Cl2FN2O4. The molecule has 0 bridgehead atoms. The number of nitrogens with zero attached hydrogens (tertiary/aromatic N) is 1. The monoisotopic (exact) mass is 438 g/mol. The third-order valence-corrected chi connectivity index (χ3v) is 5.17. The number of anilines is 1. The molecule has 0 unspecified atom stereocenters. The molecule has 2 aromatic carbocycles. The molecule has 0 radical (unpaired) electrons. The van der Waals surface area contributed by atoms with Gasteiger partial charge in [0.25, 0.3) is 5.91 Å². The topological polar surface area (TPSA) is 67.9 Å². The molecule has 152 valence electrons. The summed E-state index contributed by atoms with van der Waals surface area (Å²) in [7, 11) is 0. The second-order valence-electron chi connectivity index (χ2n) is 7.00. The first-order valence-electron chi connectivity index (χ1n) is 8.99. The van der Waals surface area contributed by atoms with E-state index in [0.29, 0.717) is 41.2 Å². The Kier molecular flexibility index (Phi) is 5.52. The van der Waals surface area contributed by atoms with Gasteiger partial charge in [0.05, 0.1) is 24.4 Å². The number of amides is 1. The molecule has 2 aliphatic heterocycles. The number of hydrogen-bond acceptors (Lipinski definition) is 5. The predicted molar refractivity (Wildman–Crippen MR) is 107 cm³/mol.